The molecule has 28 heavy (non-hydrogen) atoms. The van der Waals surface area contributed by atoms with Crippen LogP contribution in [0.2, 0.25) is 18.1 Å². The number of nitrogens with zero attached hydrogens (tertiary/aromatic N) is 2. The van der Waals surface area contributed by atoms with Crippen LogP contribution in [-0.4, -0.2) is 29.8 Å². The maximum atomic E-state index is 12.8. The fourth-order valence-electron chi connectivity index (χ4n) is 3.51. The molecule has 0 radical (unpaired) electrons. The van der Waals surface area contributed by atoms with Crippen LogP contribution >= 0.6 is 0 Å². The third-order valence-electron chi connectivity index (χ3n) is 6.07. The topological polar surface area (TPSA) is 64.4 Å². The van der Waals surface area contributed by atoms with E-state index in [9.17, 15) is 9.59 Å². The predicted octanol–water partition coefficient (Wildman–Crippen LogP) is 4.45. The van der Waals surface area contributed by atoms with Gasteiger partial charge in [0.2, 0.25) is 0 Å². The Hall–Kier alpha value is -2.02. The largest absolute Gasteiger partial charge is 0.432 e. The number of aromatic nitrogens is 2. The fourth-order valence-corrected chi connectivity index (χ4v) is 4.30. The summed E-state index contributed by atoms with van der Waals surface area (Å²) in [6.45, 7) is 8.57. The Kier molecular flexibility index (Phi) is 5.75. The molecule has 2 aromatic heterocycles. The molecule has 0 fully saturated rings. The molecule has 0 bridgehead atoms. The molecule has 0 spiro atoms. The maximum absolute atomic E-state index is 12.8. The molecule has 0 atom stereocenters. The SMILES string of the molecule is COCn1c(=O)c2cccnc2c2cc(CCCC(C)(C)[Si](C)(C)O)ccc21. The number of hydrogen-bond donors (Lipinski definition) is 1. The smallest absolute Gasteiger partial charge is 0.262 e. The molecule has 5 nitrogen and oxygen atoms in total. The van der Waals surface area contributed by atoms with Crippen LogP contribution in [0.1, 0.15) is 32.3 Å². The first kappa shape index (κ1) is 20.7. The van der Waals surface area contributed by atoms with Crippen LogP contribution in [0.4, 0.5) is 0 Å². The summed E-state index contributed by atoms with van der Waals surface area (Å²) in [5, 5.41) is 1.57. The van der Waals surface area contributed by atoms with Gasteiger partial charge in [-0.2, -0.15) is 0 Å². The van der Waals surface area contributed by atoms with Crippen molar-refractivity contribution in [3.63, 3.8) is 0 Å². The van der Waals surface area contributed by atoms with E-state index in [0.717, 1.165) is 35.7 Å². The standard InChI is InChI=1S/C22H30N2O3Si/c1-22(2,28(4,5)26)12-6-8-16-10-11-19-18(14-16)20-17(9-7-13-23-20)21(25)24(19)15-27-3/h7,9-11,13-14,26H,6,8,12,15H2,1-5H3. The maximum Gasteiger partial charge on any atom is 0.262 e. The normalized spacial score (nSPS) is 12.8. The van der Waals surface area contributed by atoms with E-state index in [-0.39, 0.29) is 17.3 Å². The number of aryl methyl sites for hydroxylation is 1. The zero-order valence-electron chi connectivity index (χ0n) is 17.5. The molecule has 3 aromatic rings. The van der Waals surface area contributed by atoms with Crippen LogP contribution in [-0.2, 0) is 17.9 Å². The van der Waals surface area contributed by atoms with Crippen LogP contribution in [0.5, 0.6) is 0 Å². The van der Waals surface area contributed by atoms with Crippen molar-refractivity contribution in [1.82, 2.24) is 9.55 Å². The molecular weight excluding hydrogens is 368 g/mol. The second-order valence-corrected chi connectivity index (χ2v) is 13.2. The third kappa shape index (κ3) is 3.90. The van der Waals surface area contributed by atoms with Gasteiger partial charge in [0.25, 0.3) is 5.56 Å². The molecule has 150 valence electrons. The van der Waals surface area contributed by atoms with Crippen molar-refractivity contribution in [3.8, 4) is 0 Å². The molecule has 1 aromatic carbocycles. The van der Waals surface area contributed by atoms with E-state index >= 15 is 0 Å². The fraction of sp³-hybridized carbons (Fsp3) is 0.455. The van der Waals surface area contributed by atoms with Crippen molar-refractivity contribution in [2.45, 2.75) is 58.0 Å². The van der Waals surface area contributed by atoms with E-state index in [1.807, 2.05) is 25.2 Å². The van der Waals surface area contributed by atoms with Crippen molar-refractivity contribution in [2.75, 3.05) is 7.11 Å². The van der Waals surface area contributed by atoms with Crippen LogP contribution in [0.15, 0.2) is 41.3 Å². The van der Waals surface area contributed by atoms with Crippen molar-refractivity contribution >= 4 is 30.1 Å². The van der Waals surface area contributed by atoms with Gasteiger partial charge in [-0.05, 0) is 67.2 Å². The molecule has 6 heteroatoms. The van der Waals surface area contributed by atoms with Crippen LogP contribution < -0.4 is 5.56 Å². The van der Waals surface area contributed by atoms with E-state index < -0.39 is 8.32 Å². The number of fused-ring (bicyclic) bond motifs is 3. The number of methoxy groups -OCH3 is 1. The molecule has 0 unspecified atom stereocenters. The van der Waals surface area contributed by atoms with Gasteiger partial charge in [0.1, 0.15) is 6.73 Å². The van der Waals surface area contributed by atoms with Gasteiger partial charge in [-0.25, -0.2) is 0 Å². The highest BCUT2D eigenvalue weighted by Gasteiger charge is 2.37. The highest BCUT2D eigenvalue weighted by molar-refractivity contribution is 6.72. The molecule has 0 aliphatic heterocycles. The van der Waals surface area contributed by atoms with Gasteiger partial charge in [-0.15, -0.1) is 0 Å². The minimum Gasteiger partial charge on any atom is -0.432 e. The third-order valence-corrected chi connectivity index (χ3v) is 9.63. The van der Waals surface area contributed by atoms with E-state index in [1.54, 1.807) is 23.9 Å². The van der Waals surface area contributed by atoms with Crippen molar-refractivity contribution < 1.29 is 9.53 Å². The average molecular weight is 399 g/mol. The number of pyridine rings is 2. The minimum atomic E-state index is -2.19. The molecular formula is C22H30N2O3Si. The van der Waals surface area contributed by atoms with Gasteiger partial charge in [0.15, 0.2) is 8.32 Å². The number of benzene rings is 1. The quantitative estimate of drug-likeness (QED) is 0.472. The Morgan fingerprint density at radius 2 is 1.96 bits per heavy atom. The average Bonchev–Trinajstić information content (AvgIpc) is 2.64. The van der Waals surface area contributed by atoms with Crippen LogP contribution in [0, 0.1) is 0 Å². The number of ether oxygens (including phenoxy) is 1. The van der Waals surface area contributed by atoms with Gasteiger partial charge < -0.3 is 9.53 Å². The van der Waals surface area contributed by atoms with E-state index in [2.05, 4.69) is 31.0 Å². The highest BCUT2D eigenvalue weighted by Crippen LogP contribution is 2.40. The summed E-state index contributed by atoms with van der Waals surface area (Å²) in [6.07, 6.45) is 4.66. The summed E-state index contributed by atoms with van der Waals surface area (Å²) in [4.78, 5) is 27.8. The molecule has 0 aliphatic carbocycles. The Morgan fingerprint density at radius 1 is 1.21 bits per heavy atom. The van der Waals surface area contributed by atoms with Crippen molar-refractivity contribution in [2.24, 2.45) is 0 Å². The first-order valence-corrected chi connectivity index (χ1v) is 12.7. The molecule has 0 saturated carbocycles. The Labute approximate surface area is 167 Å². The molecule has 0 saturated heterocycles. The summed E-state index contributed by atoms with van der Waals surface area (Å²) in [5.41, 5.74) is 2.71. The van der Waals surface area contributed by atoms with Gasteiger partial charge >= 0.3 is 0 Å². The molecule has 2 heterocycles. The lowest BCUT2D eigenvalue weighted by molar-refractivity contribution is 0.132. The van der Waals surface area contributed by atoms with Gasteiger partial charge in [0, 0.05) is 18.7 Å². The van der Waals surface area contributed by atoms with Gasteiger partial charge in [-0.3, -0.25) is 14.3 Å². The van der Waals surface area contributed by atoms with Crippen molar-refractivity contribution in [3.05, 3.63) is 52.4 Å². The molecule has 3 rings (SSSR count). The van der Waals surface area contributed by atoms with Crippen LogP contribution in [0.25, 0.3) is 21.8 Å². The van der Waals surface area contributed by atoms with E-state index in [1.165, 1.54) is 5.56 Å². The second kappa shape index (κ2) is 7.77. The monoisotopic (exact) mass is 398 g/mol. The Balaban J connectivity index is 1.98. The lowest BCUT2D eigenvalue weighted by Gasteiger charge is -2.35. The Morgan fingerprint density at radius 3 is 2.64 bits per heavy atom. The summed E-state index contributed by atoms with van der Waals surface area (Å²) in [5.74, 6) is 0. The first-order chi connectivity index (χ1) is 13.2. The van der Waals surface area contributed by atoms with Crippen molar-refractivity contribution in [1.29, 1.82) is 0 Å². The summed E-state index contributed by atoms with van der Waals surface area (Å²) in [6, 6.07) is 9.83. The highest BCUT2D eigenvalue weighted by atomic mass is 28.4. The number of rotatable bonds is 7. The van der Waals surface area contributed by atoms with E-state index in [4.69, 9.17) is 4.74 Å². The predicted molar refractivity (Wildman–Crippen MR) is 117 cm³/mol. The molecule has 0 amide bonds. The summed E-state index contributed by atoms with van der Waals surface area (Å²) in [7, 11) is -0.597. The molecule has 0 aliphatic rings. The van der Waals surface area contributed by atoms with Gasteiger partial charge in [0.05, 0.1) is 16.4 Å². The second-order valence-electron chi connectivity index (χ2n) is 8.70. The van der Waals surface area contributed by atoms with Crippen LogP contribution in [0.3, 0.4) is 0 Å². The zero-order valence-corrected chi connectivity index (χ0v) is 18.5. The zero-order chi connectivity index (χ0) is 20.5. The summed E-state index contributed by atoms with van der Waals surface area (Å²) >= 11 is 0. The Bertz CT molecular complexity index is 1050. The first-order valence-electron chi connectivity index (χ1n) is 9.77. The lowest BCUT2D eigenvalue weighted by atomic mass is 10.00. The molecule has 1 N–H and O–H groups in total. The van der Waals surface area contributed by atoms with E-state index in [0.29, 0.717) is 5.39 Å². The number of hydrogen-bond acceptors (Lipinski definition) is 4. The summed E-state index contributed by atoms with van der Waals surface area (Å²) < 4.78 is 6.91. The lowest BCUT2D eigenvalue weighted by Crippen LogP contribution is -2.38. The van der Waals surface area contributed by atoms with Gasteiger partial charge in [-0.1, -0.05) is 19.9 Å². The minimum absolute atomic E-state index is 0.0168.